The third kappa shape index (κ3) is 6.33. The van der Waals surface area contributed by atoms with Gasteiger partial charge in [0, 0.05) is 48.6 Å². The molecule has 0 radical (unpaired) electrons. The molecule has 0 aromatic carbocycles. The van der Waals surface area contributed by atoms with Gasteiger partial charge in [0.05, 0.1) is 0 Å². The lowest BCUT2D eigenvalue weighted by molar-refractivity contribution is -0.120. The monoisotopic (exact) mass is 248 g/mol. The maximum absolute atomic E-state index is 11.0. The molecule has 3 nitrogen and oxygen atoms in total. The lowest BCUT2D eigenvalue weighted by atomic mass is 10.4. The highest BCUT2D eigenvalue weighted by Crippen LogP contribution is 2.15. The van der Waals surface area contributed by atoms with Crippen molar-refractivity contribution < 1.29 is 4.79 Å². The van der Waals surface area contributed by atoms with Crippen LogP contribution in [-0.4, -0.2) is 48.0 Å². The summed E-state index contributed by atoms with van der Waals surface area (Å²) in [6.07, 6.45) is 0.579. The molecule has 0 atom stereocenters. The lowest BCUT2D eigenvalue weighted by Crippen LogP contribution is -2.39. The molecule has 1 saturated heterocycles. The molecule has 5 heteroatoms. The zero-order valence-corrected chi connectivity index (χ0v) is 10.9. The van der Waals surface area contributed by atoms with Gasteiger partial charge in [0.2, 0.25) is 5.91 Å². The largest absolute Gasteiger partial charge is 0.355 e. The van der Waals surface area contributed by atoms with Gasteiger partial charge in [-0.2, -0.15) is 23.5 Å². The van der Waals surface area contributed by atoms with Crippen molar-refractivity contribution in [1.29, 1.82) is 0 Å². The van der Waals surface area contributed by atoms with Crippen LogP contribution in [0.15, 0.2) is 0 Å². The van der Waals surface area contributed by atoms with E-state index in [2.05, 4.69) is 10.6 Å². The van der Waals surface area contributed by atoms with Crippen LogP contribution in [-0.2, 0) is 4.79 Å². The predicted octanol–water partition coefficient (Wildman–Crippen LogP) is 0.951. The molecule has 1 fully saturated rings. The molecule has 1 rings (SSSR count). The van der Waals surface area contributed by atoms with Crippen LogP contribution in [0.4, 0.5) is 0 Å². The average Bonchev–Trinajstić information content (AvgIpc) is 2.52. The van der Waals surface area contributed by atoms with Gasteiger partial charge in [-0.1, -0.05) is 6.92 Å². The fourth-order valence-electron chi connectivity index (χ4n) is 1.34. The van der Waals surface area contributed by atoms with Crippen LogP contribution < -0.4 is 10.6 Å². The summed E-state index contributed by atoms with van der Waals surface area (Å²) in [5, 5.41) is 6.36. The van der Waals surface area contributed by atoms with Crippen molar-refractivity contribution in [3.63, 3.8) is 0 Å². The Morgan fingerprint density at radius 3 is 2.53 bits per heavy atom. The summed E-state index contributed by atoms with van der Waals surface area (Å²) < 4.78 is 0. The highest BCUT2D eigenvalue weighted by molar-refractivity contribution is 8.03. The maximum Gasteiger partial charge on any atom is 0.219 e. The standard InChI is InChI=1S/C10H20N2OS2/c1-2-10(13)12-4-3-11-9-7-14-5-6-15-8-9/h9,11H,2-8H2,1H3,(H,12,13). The van der Waals surface area contributed by atoms with Gasteiger partial charge >= 0.3 is 0 Å². The Kier molecular flexibility index (Phi) is 7.30. The minimum absolute atomic E-state index is 0.140. The van der Waals surface area contributed by atoms with E-state index in [0.717, 1.165) is 13.1 Å². The first kappa shape index (κ1) is 13.2. The highest BCUT2D eigenvalue weighted by atomic mass is 32.2. The number of hydrogen-bond acceptors (Lipinski definition) is 4. The number of carbonyl (C=O) groups is 1. The first-order valence-electron chi connectivity index (χ1n) is 5.48. The van der Waals surface area contributed by atoms with Crippen molar-refractivity contribution in [1.82, 2.24) is 10.6 Å². The summed E-state index contributed by atoms with van der Waals surface area (Å²) >= 11 is 4.04. The zero-order valence-electron chi connectivity index (χ0n) is 9.25. The summed E-state index contributed by atoms with van der Waals surface area (Å²) in [7, 11) is 0. The first-order chi connectivity index (χ1) is 7.33. The number of carbonyl (C=O) groups excluding carboxylic acids is 1. The number of rotatable bonds is 5. The Morgan fingerprint density at radius 2 is 1.93 bits per heavy atom. The van der Waals surface area contributed by atoms with Gasteiger partial charge in [0.15, 0.2) is 0 Å². The molecule has 0 aliphatic carbocycles. The Bertz CT molecular complexity index is 182. The molecule has 15 heavy (non-hydrogen) atoms. The van der Waals surface area contributed by atoms with Crippen molar-refractivity contribution in [2.45, 2.75) is 19.4 Å². The van der Waals surface area contributed by atoms with E-state index in [9.17, 15) is 4.79 Å². The van der Waals surface area contributed by atoms with Crippen LogP contribution in [0.3, 0.4) is 0 Å². The summed E-state index contributed by atoms with van der Waals surface area (Å²) in [6.45, 7) is 3.51. The summed E-state index contributed by atoms with van der Waals surface area (Å²) in [5.41, 5.74) is 0. The second-order valence-electron chi connectivity index (χ2n) is 3.50. The highest BCUT2D eigenvalue weighted by Gasteiger charge is 2.11. The molecular weight excluding hydrogens is 228 g/mol. The molecule has 0 spiro atoms. The van der Waals surface area contributed by atoms with Gasteiger partial charge in [0.1, 0.15) is 0 Å². The van der Waals surface area contributed by atoms with Gasteiger partial charge in [-0.25, -0.2) is 0 Å². The molecule has 2 N–H and O–H groups in total. The van der Waals surface area contributed by atoms with Gasteiger partial charge in [0.25, 0.3) is 0 Å². The van der Waals surface area contributed by atoms with Crippen LogP contribution in [0.25, 0.3) is 0 Å². The molecular formula is C10H20N2OS2. The van der Waals surface area contributed by atoms with Crippen molar-refractivity contribution in [3.8, 4) is 0 Å². The van der Waals surface area contributed by atoms with E-state index in [1.165, 1.54) is 23.0 Å². The molecule has 1 amide bonds. The molecule has 0 saturated carbocycles. The van der Waals surface area contributed by atoms with Crippen LogP contribution in [0.2, 0.25) is 0 Å². The average molecular weight is 248 g/mol. The van der Waals surface area contributed by atoms with Crippen molar-refractivity contribution in [2.75, 3.05) is 36.1 Å². The fourth-order valence-corrected chi connectivity index (χ4v) is 3.80. The van der Waals surface area contributed by atoms with Crippen molar-refractivity contribution in [3.05, 3.63) is 0 Å². The Morgan fingerprint density at radius 1 is 1.27 bits per heavy atom. The van der Waals surface area contributed by atoms with Crippen LogP contribution >= 0.6 is 23.5 Å². The van der Waals surface area contributed by atoms with Gasteiger partial charge in [-0.05, 0) is 0 Å². The number of nitrogens with one attached hydrogen (secondary N) is 2. The number of amides is 1. The molecule has 1 aliphatic heterocycles. The SMILES string of the molecule is CCC(=O)NCCNC1CSCCSC1. The fraction of sp³-hybridized carbons (Fsp3) is 0.900. The Balaban J connectivity index is 2.00. The van der Waals surface area contributed by atoms with E-state index in [0.29, 0.717) is 12.5 Å². The Hall–Kier alpha value is 0.130. The second-order valence-corrected chi connectivity index (χ2v) is 5.80. The van der Waals surface area contributed by atoms with E-state index >= 15 is 0 Å². The van der Waals surface area contributed by atoms with E-state index < -0.39 is 0 Å². The van der Waals surface area contributed by atoms with E-state index in [1.807, 2.05) is 30.4 Å². The van der Waals surface area contributed by atoms with Crippen LogP contribution in [0, 0.1) is 0 Å². The third-order valence-electron chi connectivity index (χ3n) is 2.21. The topological polar surface area (TPSA) is 41.1 Å². The quantitative estimate of drug-likeness (QED) is 0.711. The van der Waals surface area contributed by atoms with Crippen molar-refractivity contribution >= 4 is 29.4 Å². The second kappa shape index (κ2) is 8.30. The summed E-state index contributed by atoms with van der Waals surface area (Å²) in [5.74, 6) is 5.09. The van der Waals surface area contributed by atoms with Gasteiger partial charge < -0.3 is 10.6 Å². The maximum atomic E-state index is 11.0. The van der Waals surface area contributed by atoms with Gasteiger partial charge in [-0.3, -0.25) is 4.79 Å². The molecule has 88 valence electrons. The molecule has 0 bridgehead atoms. The van der Waals surface area contributed by atoms with Gasteiger partial charge in [-0.15, -0.1) is 0 Å². The third-order valence-corrected chi connectivity index (χ3v) is 4.73. The molecule has 1 aliphatic rings. The lowest BCUT2D eigenvalue weighted by Gasteiger charge is -2.15. The van der Waals surface area contributed by atoms with E-state index in [-0.39, 0.29) is 5.91 Å². The number of hydrogen-bond donors (Lipinski definition) is 2. The van der Waals surface area contributed by atoms with E-state index in [1.54, 1.807) is 0 Å². The normalized spacial score (nSPS) is 18.5. The number of thioether (sulfide) groups is 2. The zero-order chi connectivity index (χ0) is 10.9. The summed E-state index contributed by atoms with van der Waals surface area (Å²) in [6, 6.07) is 0.612. The molecule has 1 heterocycles. The van der Waals surface area contributed by atoms with E-state index in [4.69, 9.17) is 0 Å². The van der Waals surface area contributed by atoms with Crippen LogP contribution in [0.5, 0.6) is 0 Å². The Labute approximate surface area is 101 Å². The predicted molar refractivity (Wildman–Crippen MR) is 69.7 cm³/mol. The smallest absolute Gasteiger partial charge is 0.219 e. The van der Waals surface area contributed by atoms with Crippen molar-refractivity contribution in [2.24, 2.45) is 0 Å². The minimum atomic E-state index is 0.140. The molecule has 0 unspecified atom stereocenters. The molecule has 0 aromatic rings. The molecule has 0 aromatic heterocycles. The minimum Gasteiger partial charge on any atom is -0.355 e. The first-order valence-corrected chi connectivity index (χ1v) is 7.79. The van der Waals surface area contributed by atoms with Crippen LogP contribution in [0.1, 0.15) is 13.3 Å². The summed E-state index contributed by atoms with van der Waals surface area (Å²) in [4.78, 5) is 11.0.